The van der Waals surface area contributed by atoms with Crippen LogP contribution in [0.2, 0.25) is 0 Å². The number of halogens is 3. The Hall–Kier alpha value is -1.30. The van der Waals surface area contributed by atoms with E-state index in [9.17, 15) is 13.2 Å². The lowest BCUT2D eigenvalue weighted by atomic mass is 10.2. The van der Waals surface area contributed by atoms with Gasteiger partial charge in [0.1, 0.15) is 0 Å². The highest BCUT2D eigenvalue weighted by Gasteiger charge is 2.26. The van der Waals surface area contributed by atoms with Gasteiger partial charge in [-0.05, 0) is 18.0 Å². The maximum Gasteiger partial charge on any atom is 0.392 e. The summed E-state index contributed by atoms with van der Waals surface area (Å²) in [6.07, 6.45) is -3.55. The normalized spacial score (nSPS) is 11.9. The molecule has 108 valence electrons. The first-order valence-corrected chi connectivity index (χ1v) is 6.22. The second-order valence-corrected chi connectivity index (χ2v) is 4.74. The fraction of sp³-hybridized carbons (Fsp3) is 0.615. The Kier molecular flexibility index (Phi) is 6.08. The van der Waals surface area contributed by atoms with Crippen molar-refractivity contribution in [2.45, 2.75) is 33.0 Å². The summed E-state index contributed by atoms with van der Waals surface area (Å²) in [5.41, 5.74) is 0.976. The summed E-state index contributed by atoms with van der Waals surface area (Å²) in [5.74, 6) is 0.787. The van der Waals surface area contributed by atoms with Crippen LogP contribution in [-0.2, 0) is 6.54 Å². The number of nitrogens with one attached hydrogen (secondary N) is 1. The summed E-state index contributed by atoms with van der Waals surface area (Å²) in [5, 5.41) is 3.25. The van der Waals surface area contributed by atoms with Crippen molar-refractivity contribution in [2.75, 3.05) is 13.2 Å². The molecule has 1 aromatic heterocycles. The standard InChI is InChI=1S/C13H19F3N2O/c1-10(2)7-17-8-11-3-4-12(18-9-11)19-6-5-13(14,15)16/h3-4,9-10,17H,5-8H2,1-2H3. The van der Waals surface area contributed by atoms with Crippen molar-refractivity contribution in [1.29, 1.82) is 0 Å². The molecule has 0 spiro atoms. The third-order valence-corrected chi connectivity index (χ3v) is 2.31. The Morgan fingerprint density at radius 1 is 1.32 bits per heavy atom. The van der Waals surface area contributed by atoms with E-state index in [1.807, 2.05) is 0 Å². The quantitative estimate of drug-likeness (QED) is 0.830. The molecule has 1 heterocycles. The van der Waals surface area contributed by atoms with Crippen LogP contribution < -0.4 is 10.1 Å². The number of pyridine rings is 1. The predicted octanol–water partition coefficient (Wildman–Crippen LogP) is 3.16. The van der Waals surface area contributed by atoms with Crippen LogP contribution in [0.15, 0.2) is 18.3 Å². The van der Waals surface area contributed by atoms with Crippen LogP contribution in [0.3, 0.4) is 0 Å². The van der Waals surface area contributed by atoms with E-state index < -0.39 is 19.2 Å². The number of rotatable bonds is 7. The molecule has 0 fully saturated rings. The average Bonchev–Trinajstić information content (AvgIpc) is 2.29. The Labute approximate surface area is 111 Å². The predicted molar refractivity (Wildman–Crippen MR) is 66.9 cm³/mol. The van der Waals surface area contributed by atoms with Gasteiger partial charge >= 0.3 is 6.18 Å². The van der Waals surface area contributed by atoms with Gasteiger partial charge in [0.25, 0.3) is 0 Å². The molecule has 0 saturated carbocycles. The summed E-state index contributed by atoms with van der Waals surface area (Å²) in [6.45, 7) is 5.42. The lowest BCUT2D eigenvalue weighted by molar-refractivity contribution is -0.139. The molecule has 1 rings (SSSR count). The lowest BCUT2D eigenvalue weighted by Gasteiger charge is -2.09. The van der Waals surface area contributed by atoms with Crippen molar-refractivity contribution in [3.05, 3.63) is 23.9 Å². The molecule has 0 aliphatic rings. The van der Waals surface area contributed by atoms with Crippen molar-refractivity contribution in [2.24, 2.45) is 5.92 Å². The minimum Gasteiger partial charge on any atom is -0.477 e. The van der Waals surface area contributed by atoms with Crippen LogP contribution in [0, 0.1) is 5.92 Å². The van der Waals surface area contributed by atoms with Crippen LogP contribution in [0.4, 0.5) is 13.2 Å². The Morgan fingerprint density at radius 3 is 2.58 bits per heavy atom. The Bertz CT molecular complexity index is 363. The molecular weight excluding hydrogens is 257 g/mol. The topological polar surface area (TPSA) is 34.1 Å². The summed E-state index contributed by atoms with van der Waals surface area (Å²) in [4.78, 5) is 3.97. The molecule has 3 nitrogen and oxygen atoms in total. The fourth-order valence-corrected chi connectivity index (χ4v) is 1.38. The molecule has 1 aromatic rings. The monoisotopic (exact) mass is 276 g/mol. The first kappa shape index (κ1) is 15.8. The van der Waals surface area contributed by atoms with Gasteiger partial charge in [-0.1, -0.05) is 19.9 Å². The molecule has 1 N–H and O–H groups in total. The van der Waals surface area contributed by atoms with Crippen molar-refractivity contribution < 1.29 is 17.9 Å². The zero-order valence-electron chi connectivity index (χ0n) is 11.1. The van der Waals surface area contributed by atoms with E-state index in [0.717, 1.165) is 12.1 Å². The summed E-state index contributed by atoms with van der Waals surface area (Å²) in [7, 11) is 0. The van der Waals surface area contributed by atoms with Gasteiger partial charge in [0.15, 0.2) is 0 Å². The summed E-state index contributed by atoms with van der Waals surface area (Å²) < 4.78 is 40.7. The van der Waals surface area contributed by atoms with E-state index in [0.29, 0.717) is 12.5 Å². The highest BCUT2D eigenvalue weighted by molar-refractivity contribution is 5.17. The molecular formula is C13H19F3N2O. The third kappa shape index (κ3) is 7.66. The molecule has 0 amide bonds. The van der Waals surface area contributed by atoms with Gasteiger partial charge in [-0.3, -0.25) is 0 Å². The van der Waals surface area contributed by atoms with Gasteiger partial charge in [-0.2, -0.15) is 13.2 Å². The largest absolute Gasteiger partial charge is 0.477 e. The molecule has 0 aliphatic heterocycles. The van der Waals surface area contributed by atoms with Gasteiger partial charge in [0.05, 0.1) is 13.0 Å². The van der Waals surface area contributed by atoms with Gasteiger partial charge in [-0.25, -0.2) is 4.98 Å². The lowest BCUT2D eigenvalue weighted by Crippen LogP contribution is -2.19. The number of nitrogens with zero attached hydrogens (tertiary/aromatic N) is 1. The second-order valence-electron chi connectivity index (χ2n) is 4.74. The van der Waals surface area contributed by atoms with E-state index >= 15 is 0 Å². The van der Waals surface area contributed by atoms with E-state index in [4.69, 9.17) is 4.74 Å². The van der Waals surface area contributed by atoms with Gasteiger partial charge in [-0.15, -0.1) is 0 Å². The molecule has 0 atom stereocenters. The summed E-state index contributed by atoms with van der Waals surface area (Å²) in [6, 6.07) is 3.38. The minimum absolute atomic E-state index is 0.219. The van der Waals surface area contributed by atoms with Crippen molar-refractivity contribution in [1.82, 2.24) is 10.3 Å². The van der Waals surface area contributed by atoms with Crippen LogP contribution in [0.1, 0.15) is 25.8 Å². The van der Waals surface area contributed by atoms with Crippen LogP contribution in [0.25, 0.3) is 0 Å². The van der Waals surface area contributed by atoms with Crippen molar-refractivity contribution in [3.63, 3.8) is 0 Å². The van der Waals surface area contributed by atoms with Crippen LogP contribution in [0.5, 0.6) is 5.88 Å². The minimum atomic E-state index is -4.19. The van der Waals surface area contributed by atoms with Gasteiger partial charge < -0.3 is 10.1 Å². The molecule has 0 saturated heterocycles. The molecule has 0 radical (unpaired) electrons. The maximum absolute atomic E-state index is 11.9. The number of hydrogen-bond donors (Lipinski definition) is 1. The third-order valence-electron chi connectivity index (χ3n) is 2.31. The first-order valence-electron chi connectivity index (χ1n) is 6.22. The highest BCUT2D eigenvalue weighted by atomic mass is 19.4. The zero-order chi connectivity index (χ0) is 14.3. The van der Waals surface area contributed by atoms with E-state index in [1.165, 1.54) is 0 Å². The Morgan fingerprint density at radius 2 is 2.05 bits per heavy atom. The molecule has 19 heavy (non-hydrogen) atoms. The van der Waals surface area contributed by atoms with Crippen molar-refractivity contribution in [3.8, 4) is 5.88 Å². The van der Waals surface area contributed by atoms with Gasteiger partial charge in [0.2, 0.25) is 5.88 Å². The van der Waals surface area contributed by atoms with E-state index in [1.54, 1.807) is 18.3 Å². The number of hydrogen-bond acceptors (Lipinski definition) is 3. The molecule has 6 heteroatoms. The number of ether oxygens (including phenoxy) is 1. The smallest absolute Gasteiger partial charge is 0.392 e. The SMILES string of the molecule is CC(C)CNCc1ccc(OCCC(F)(F)F)nc1. The molecule has 0 aliphatic carbocycles. The van der Waals surface area contributed by atoms with Crippen molar-refractivity contribution >= 4 is 0 Å². The molecule has 0 aromatic carbocycles. The van der Waals surface area contributed by atoms with Gasteiger partial charge in [0, 0.05) is 18.8 Å². The zero-order valence-corrected chi connectivity index (χ0v) is 11.1. The van der Waals surface area contributed by atoms with E-state index in [-0.39, 0.29) is 5.88 Å². The fourth-order valence-electron chi connectivity index (χ4n) is 1.38. The first-order chi connectivity index (χ1) is 8.87. The summed E-state index contributed by atoms with van der Waals surface area (Å²) >= 11 is 0. The van der Waals surface area contributed by atoms with E-state index in [2.05, 4.69) is 24.1 Å². The number of aromatic nitrogens is 1. The highest BCUT2D eigenvalue weighted by Crippen LogP contribution is 2.19. The maximum atomic E-state index is 11.9. The molecule has 0 unspecified atom stereocenters. The number of alkyl halides is 3. The van der Waals surface area contributed by atoms with Crippen LogP contribution in [-0.4, -0.2) is 24.3 Å². The Balaban J connectivity index is 2.31. The molecule has 0 bridgehead atoms. The average molecular weight is 276 g/mol. The van der Waals surface area contributed by atoms with Crippen LogP contribution >= 0.6 is 0 Å². The second kappa shape index (κ2) is 7.33.